The van der Waals surface area contributed by atoms with Crippen molar-refractivity contribution >= 4 is 27.9 Å². The van der Waals surface area contributed by atoms with E-state index in [-0.39, 0.29) is 11.9 Å². The number of carbonyl (C=O) groups is 1. The Morgan fingerprint density at radius 3 is 2.48 bits per heavy atom. The van der Waals surface area contributed by atoms with E-state index in [0.29, 0.717) is 17.6 Å². The molecule has 33 heavy (non-hydrogen) atoms. The third-order valence-corrected chi connectivity index (χ3v) is 6.01. The Kier molecular flexibility index (Phi) is 5.85. The maximum Gasteiger partial charge on any atom is 0.254 e. The summed E-state index contributed by atoms with van der Waals surface area (Å²) in [6, 6.07) is 25.8. The molecule has 0 N–H and O–H groups in total. The summed E-state index contributed by atoms with van der Waals surface area (Å²) < 4.78 is 6.05. The van der Waals surface area contributed by atoms with Crippen molar-refractivity contribution in [3.05, 3.63) is 108 Å². The molecular weight excluding hydrogens is 410 g/mol. The number of para-hydroxylation sites is 1. The first-order chi connectivity index (χ1) is 16.2. The molecule has 5 nitrogen and oxygen atoms in total. The van der Waals surface area contributed by atoms with E-state index < -0.39 is 0 Å². The highest BCUT2D eigenvalue weighted by Crippen LogP contribution is 2.23. The smallest absolute Gasteiger partial charge is 0.254 e. The van der Waals surface area contributed by atoms with Crippen molar-refractivity contribution in [2.24, 2.45) is 0 Å². The lowest BCUT2D eigenvalue weighted by molar-refractivity contribution is 0.0653. The third-order valence-electron chi connectivity index (χ3n) is 6.01. The SMILES string of the molecule is CC(CCc1ccccc1)N(Cc1cc2ccccc2o1)C(=O)c1ccc2nccnc2c1. The molecular formula is C28H25N3O2. The van der Waals surface area contributed by atoms with Gasteiger partial charge in [-0.2, -0.15) is 0 Å². The molecule has 1 unspecified atom stereocenters. The first kappa shape index (κ1) is 20.9. The first-order valence-corrected chi connectivity index (χ1v) is 11.2. The van der Waals surface area contributed by atoms with Gasteiger partial charge in [-0.3, -0.25) is 14.8 Å². The summed E-state index contributed by atoms with van der Waals surface area (Å²) in [5.74, 6) is 0.736. The van der Waals surface area contributed by atoms with Gasteiger partial charge >= 0.3 is 0 Å². The number of hydrogen-bond donors (Lipinski definition) is 0. The second kappa shape index (κ2) is 9.25. The van der Waals surface area contributed by atoms with Gasteiger partial charge in [-0.25, -0.2) is 0 Å². The number of carbonyl (C=O) groups excluding carboxylic acids is 1. The van der Waals surface area contributed by atoms with Gasteiger partial charge in [0.2, 0.25) is 0 Å². The van der Waals surface area contributed by atoms with E-state index in [1.54, 1.807) is 12.4 Å². The lowest BCUT2D eigenvalue weighted by atomic mass is 10.0. The zero-order chi connectivity index (χ0) is 22.6. The summed E-state index contributed by atoms with van der Waals surface area (Å²) in [5, 5.41) is 1.04. The van der Waals surface area contributed by atoms with E-state index in [2.05, 4.69) is 29.0 Å². The molecule has 5 rings (SSSR count). The van der Waals surface area contributed by atoms with Crippen molar-refractivity contribution in [2.75, 3.05) is 0 Å². The molecule has 0 aliphatic carbocycles. The van der Waals surface area contributed by atoms with Crippen LogP contribution in [-0.2, 0) is 13.0 Å². The third kappa shape index (κ3) is 4.62. The number of hydrogen-bond acceptors (Lipinski definition) is 4. The largest absolute Gasteiger partial charge is 0.459 e. The van der Waals surface area contributed by atoms with Gasteiger partial charge in [0.05, 0.1) is 17.6 Å². The molecule has 0 fully saturated rings. The maximum absolute atomic E-state index is 13.7. The zero-order valence-corrected chi connectivity index (χ0v) is 18.5. The molecule has 0 saturated heterocycles. The number of benzene rings is 3. The topological polar surface area (TPSA) is 59.2 Å². The van der Waals surface area contributed by atoms with Crippen molar-refractivity contribution in [2.45, 2.75) is 32.4 Å². The molecule has 1 amide bonds. The highest BCUT2D eigenvalue weighted by Gasteiger charge is 2.24. The van der Waals surface area contributed by atoms with Crippen LogP contribution in [0.1, 0.15) is 35.0 Å². The summed E-state index contributed by atoms with van der Waals surface area (Å²) >= 11 is 0. The van der Waals surface area contributed by atoms with Crippen LogP contribution in [0.4, 0.5) is 0 Å². The fourth-order valence-electron chi connectivity index (χ4n) is 4.15. The van der Waals surface area contributed by atoms with Crippen LogP contribution in [0.15, 0.2) is 95.7 Å². The Morgan fingerprint density at radius 1 is 0.909 bits per heavy atom. The molecule has 0 aliphatic rings. The lowest BCUT2D eigenvalue weighted by Gasteiger charge is -2.29. The number of fused-ring (bicyclic) bond motifs is 2. The highest BCUT2D eigenvalue weighted by atomic mass is 16.3. The minimum absolute atomic E-state index is 0.0171. The fraction of sp³-hybridized carbons (Fsp3) is 0.179. The molecule has 1 atom stereocenters. The monoisotopic (exact) mass is 435 g/mol. The molecule has 164 valence electrons. The standard InChI is InChI=1S/C28H25N3O2/c1-20(11-12-21-7-3-2-4-8-21)31(19-24-17-22-9-5-6-10-27(22)33-24)28(32)23-13-14-25-26(18-23)30-16-15-29-25/h2-10,13-18,20H,11-12,19H2,1H3. The van der Waals surface area contributed by atoms with Crippen molar-refractivity contribution in [3.8, 4) is 0 Å². The van der Waals surface area contributed by atoms with Gasteiger partial charge in [-0.05, 0) is 55.7 Å². The number of amides is 1. The highest BCUT2D eigenvalue weighted by molar-refractivity contribution is 5.97. The van der Waals surface area contributed by atoms with E-state index in [1.165, 1.54) is 5.56 Å². The molecule has 5 heteroatoms. The van der Waals surface area contributed by atoms with Crippen molar-refractivity contribution in [3.63, 3.8) is 0 Å². The van der Waals surface area contributed by atoms with Crippen LogP contribution in [0.25, 0.3) is 22.0 Å². The lowest BCUT2D eigenvalue weighted by Crippen LogP contribution is -2.38. The fourth-order valence-corrected chi connectivity index (χ4v) is 4.15. The normalized spacial score (nSPS) is 12.2. The minimum atomic E-state index is -0.0384. The molecule has 2 aromatic heterocycles. The van der Waals surface area contributed by atoms with Crippen molar-refractivity contribution in [1.29, 1.82) is 0 Å². The summed E-state index contributed by atoms with van der Waals surface area (Å²) in [5.41, 5.74) is 4.18. The van der Waals surface area contributed by atoms with Crippen LogP contribution in [0, 0.1) is 0 Å². The zero-order valence-electron chi connectivity index (χ0n) is 18.5. The number of rotatable bonds is 7. The summed E-state index contributed by atoms with van der Waals surface area (Å²) in [6.45, 7) is 2.51. The second-order valence-electron chi connectivity index (χ2n) is 8.32. The number of nitrogens with zero attached hydrogens (tertiary/aromatic N) is 3. The predicted molar refractivity (Wildman–Crippen MR) is 130 cm³/mol. The molecule has 0 aliphatic heterocycles. The average molecular weight is 436 g/mol. The van der Waals surface area contributed by atoms with Crippen molar-refractivity contribution < 1.29 is 9.21 Å². The van der Waals surface area contributed by atoms with Crippen LogP contribution < -0.4 is 0 Å². The van der Waals surface area contributed by atoms with Gasteiger partial charge in [-0.15, -0.1) is 0 Å². The molecule has 0 saturated carbocycles. The van der Waals surface area contributed by atoms with Gasteiger partial charge in [0.1, 0.15) is 11.3 Å². The van der Waals surface area contributed by atoms with Crippen LogP contribution in [0.2, 0.25) is 0 Å². The number of aromatic nitrogens is 2. The average Bonchev–Trinajstić information content (AvgIpc) is 3.28. The van der Waals surface area contributed by atoms with Crippen LogP contribution in [-0.4, -0.2) is 26.8 Å². The Morgan fingerprint density at radius 2 is 1.67 bits per heavy atom. The predicted octanol–water partition coefficient (Wildman–Crippen LogP) is 6.04. The molecule has 0 bridgehead atoms. The van der Waals surface area contributed by atoms with Gasteiger partial charge < -0.3 is 9.32 Å². The molecule has 0 radical (unpaired) electrons. The Hall–Kier alpha value is -3.99. The molecule has 3 aromatic carbocycles. The second-order valence-corrected chi connectivity index (χ2v) is 8.32. The summed E-state index contributed by atoms with van der Waals surface area (Å²) in [6.07, 6.45) is 5.05. The Labute approximate surface area is 192 Å². The number of aryl methyl sites for hydroxylation is 1. The van der Waals surface area contributed by atoms with E-state index in [0.717, 1.165) is 35.1 Å². The van der Waals surface area contributed by atoms with Crippen LogP contribution in [0.3, 0.4) is 0 Å². The number of furan rings is 1. The summed E-state index contributed by atoms with van der Waals surface area (Å²) in [7, 11) is 0. The quantitative estimate of drug-likeness (QED) is 0.313. The minimum Gasteiger partial charge on any atom is -0.459 e. The van der Waals surface area contributed by atoms with E-state index in [1.807, 2.05) is 71.6 Å². The van der Waals surface area contributed by atoms with E-state index in [4.69, 9.17) is 4.42 Å². The molecule has 5 aromatic rings. The van der Waals surface area contributed by atoms with Crippen LogP contribution in [0.5, 0.6) is 0 Å². The van der Waals surface area contributed by atoms with Gasteiger partial charge in [-0.1, -0.05) is 48.5 Å². The van der Waals surface area contributed by atoms with Gasteiger partial charge in [0, 0.05) is 29.4 Å². The van der Waals surface area contributed by atoms with Gasteiger partial charge in [0.15, 0.2) is 0 Å². The van der Waals surface area contributed by atoms with Crippen molar-refractivity contribution in [1.82, 2.24) is 14.9 Å². The molecule has 0 spiro atoms. The molecule has 2 heterocycles. The Balaban J connectivity index is 1.43. The van der Waals surface area contributed by atoms with E-state index in [9.17, 15) is 4.79 Å². The summed E-state index contributed by atoms with van der Waals surface area (Å²) in [4.78, 5) is 24.3. The van der Waals surface area contributed by atoms with Crippen LogP contribution >= 0.6 is 0 Å². The maximum atomic E-state index is 13.7. The van der Waals surface area contributed by atoms with E-state index >= 15 is 0 Å². The Bertz CT molecular complexity index is 1360. The first-order valence-electron chi connectivity index (χ1n) is 11.2. The van der Waals surface area contributed by atoms with Gasteiger partial charge in [0.25, 0.3) is 5.91 Å².